The van der Waals surface area contributed by atoms with Crippen molar-refractivity contribution < 1.29 is 23.7 Å². The van der Waals surface area contributed by atoms with Crippen LogP contribution in [0.1, 0.15) is 51.8 Å². The number of carbonyl (C=O) groups excluding carboxylic acids is 1. The summed E-state index contributed by atoms with van der Waals surface area (Å²) in [6.07, 6.45) is 3.35. The number of esters is 1. The number of para-hydroxylation sites is 1. The molecular weight excluding hydrogens is 528 g/mol. The van der Waals surface area contributed by atoms with Gasteiger partial charge in [-0.05, 0) is 64.5 Å². The summed E-state index contributed by atoms with van der Waals surface area (Å²) in [6, 6.07) is 12.2. The third-order valence-corrected chi connectivity index (χ3v) is 7.00. The fourth-order valence-electron chi connectivity index (χ4n) is 4.46. The number of rotatable bonds is 11. The molecule has 8 nitrogen and oxygen atoms in total. The van der Waals surface area contributed by atoms with Crippen molar-refractivity contribution in [2.24, 2.45) is 4.99 Å². The van der Waals surface area contributed by atoms with Crippen LogP contribution in [0.3, 0.4) is 0 Å². The summed E-state index contributed by atoms with van der Waals surface area (Å²) < 4.78 is 25.0. The number of hydrogen-bond acceptors (Lipinski definition) is 8. The van der Waals surface area contributed by atoms with Gasteiger partial charge in [0.25, 0.3) is 5.56 Å². The number of nitrogens with zero attached hydrogens (tertiary/aromatic N) is 2. The summed E-state index contributed by atoms with van der Waals surface area (Å²) in [5.41, 5.74) is 1.98. The van der Waals surface area contributed by atoms with Crippen LogP contribution in [-0.4, -0.2) is 36.5 Å². The Morgan fingerprint density at radius 3 is 2.58 bits per heavy atom. The van der Waals surface area contributed by atoms with Crippen LogP contribution in [0, 0.1) is 0 Å². The molecule has 0 radical (unpaired) electrons. The molecule has 0 saturated carbocycles. The van der Waals surface area contributed by atoms with Crippen LogP contribution in [-0.2, 0) is 9.53 Å². The summed E-state index contributed by atoms with van der Waals surface area (Å²) in [5, 5.41) is 0. The summed E-state index contributed by atoms with van der Waals surface area (Å²) in [4.78, 5) is 32.4. The van der Waals surface area contributed by atoms with Crippen molar-refractivity contribution in [2.45, 2.75) is 46.8 Å². The Morgan fingerprint density at radius 2 is 1.88 bits per heavy atom. The number of ether oxygens (including phenoxy) is 4. The van der Waals surface area contributed by atoms with Crippen LogP contribution < -0.4 is 29.1 Å². The number of hydrogen-bond donors (Lipinski definition) is 0. The molecule has 0 saturated heterocycles. The van der Waals surface area contributed by atoms with E-state index < -0.39 is 12.0 Å². The van der Waals surface area contributed by atoms with Crippen LogP contribution >= 0.6 is 11.3 Å². The van der Waals surface area contributed by atoms with Crippen molar-refractivity contribution in [1.29, 1.82) is 0 Å². The molecule has 0 bridgehead atoms. The van der Waals surface area contributed by atoms with E-state index >= 15 is 0 Å². The van der Waals surface area contributed by atoms with E-state index in [4.69, 9.17) is 18.9 Å². The van der Waals surface area contributed by atoms with Crippen molar-refractivity contribution in [3.05, 3.63) is 97.2 Å². The Labute approximate surface area is 237 Å². The highest BCUT2D eigenvalue weighted by Gasteiger charge is 2.35. The van der Waals surface area contributed by atoms with E-state index in [1.807, 2.05) is 63.2 Å². The van der Waals surface area contributed by atoms with E-state index in [1.165, 1.54) is 11.3 Å². The molecule has 40 heavy (non-hydrogen) atoms. The Bertz CT molecular complexity index is 1620. The van der Waals surface area contributed by atoms with Gasteiger partial charge in [0.2, 0.25) is 0 Å². The molecule has 1 unspecified atom stereocenters. The molecule has 9 heteroatoms. The van der Waals surface area contributed by atoms with Crippen molar-refractivity contribution in [1.82, 2.24) is 4.57 Å². The van der Waals surface area contributed by atoms with Crippen LogP contribution in [0.15, 0.2) is 76.2 Å². The Balaban J connectivity index is 1.91. The molecule has 0 N–H and O–H groups in total. The molecule has 4 rings (SSSR count). The minimum absolute atomic E-state index is 0.105. The average molecular weight is 563 g/mol. The zero-order chi connectivity index (χ0) is 28.8. The second-order valence-corrected chi connectivity index (χ2v) is 10.3. The predicted octanol–water partition coefficient (Wildman–Crippen LogP) is 4.55. The van der Waals surface area contributed by atoms with Crippen molar-refractivity contribution in [3.63, 3.8) is 0 Å². The zero-order valence-corrected chi connectivity index (χ0v) is 24.2. The molecule has 1 atom stereocenters. The topological polar surface area (TPSA) is 88.4 Å². The maximum absolute atomic E-state index is 14.0. The van der Waals surface area contributed by atoms with Crippen LogP contribution in [0.4, 0.5) is 0 Å². The Hall–Kier alpha value is -4.11. The van der Waals surface area contributed by atoms with Gasteiger partial charge in [-0.1, -0.05) is 48.3 Å². The van der Waals surface area contributed by atoms with Crippen LogP contribution in [0.5, 0.6) is 17.2 Å². The van der Waals surface area contributed by atoms with Crippen LogP contribution in [0.25, 0.3) is 6.08 Å². The predicted molar refractivity (Wildman–Crippen MR) is 156 cm³/mol. The Morgan fingerprint density at radius 1 is 1.10 bits per heavy atom. The molecule has 3 aromatic rings. The fourth-order valence-corrected chi connectivity index (χ4v) is 5.50. The van der Waals surface area contributed by atoms with Gasteiger partial charge in [0.15, 0.2) is 16.3 Å². The summed E-state index contributed by atoms with van der Waals surface area (Å²) in [7, 11) is 0. The normalized spacial score (nSPS) is 14.9. The number of allylic oxidation sites excluding steroid dienone is 1. The third kappa shape index (κ3) is 6.04. The molecule has 0 amide bonds. The lowest BCUT2D eigenvalue weighted by atomic mass is 9.95. The average Bonchev–Trinajstić information content (AvgIpc) is 3.22. The van der Waals surface area contributed by atoms with Gasteiger partial charge >= 0.3 is 5.97 Å². The lowest BCUT2D eigenvalue weighted by Gasteiger charge is -2.26. The van der Waals surface area contributed by atoms with E-state index in [0.717, 1.165) is 5.56 Å². The molecule has 1 aromatic heterocycles. The first-order valence-electron chi connectivity index (χ1n) is 13.2. The van der Waals surface area contributed by atoms with Gasteiger partial charge in [-0.3, -0.25) is 9.36 Å². The minimum Gasteiger partial charge on any atom is -0.491 e. The van der Waals surface area contributed by atoms with Gasteiger partial charge in [-0.2, -0.15) is 0 Å². The second-order valence-electron chi connectivity index (χ2n) is 9.25. The molecule has 0 fully saturated rings. The van der Waals surface area contributed by atoms with Gasteiger partial charge in [0.05, 0.1) is 35.1 Å². The molecule has 1 aliphatic rings. The minimum atomic E-state index is -0.763. The van der Waals surface area contributed by atoms with Crippen molar-refractivity contribution in [3.8, 4) is 17.2 Å². The van der Waals surface area contributed by atoms with Crippen LogP contribution in [0.2, 0.25) is 0 Å². The molecule has 0 aliphatic carbocycles. The van der Waals surface area contributed by atoms with E-state index in [9.17, 15) is 9.59 Å². The van der Waals surface area contributed by atoms with Gasteiger partial charge in [-0.15, -0.1) is 0 Å². The molecular formula is C31H34N2O6S. The molecule has 210 valence electrons. The zero-order valence-electron chi connectivity index (χ0n) is 23.4. The molecule has 2 aromatic carbocycles. The van der Waals surface area contributed by atoms with Crippen molar-refractivity contribution in [2.75, 3.05) is 19.8 Å². The highest BCUT2D eigenvalue weighted by molar-refractivity contribution is 7.07. The van der Waals surface area contributed by atoms with Gasteiger partial charge in [0, 0.05) is 5.56 Å². The fraction of sp³-hybridized carbons (Fsp3) is 0.323. The third-order valence-electron chi connectivity index (χ3n) is 6.02. The lowest BCUT2D eigenvalue weighted by molar-refractivity contribution is -0.139. The maximum atomic E-state index is 14.0. The summed E-state index contributed by atoms with van der Waals surface area (Å²) >= 11 is 1.26. The van der Waals surface area contributed by atoms with E-state index in [-0.39, 0.29) is 18.3 Å². The molecule has 1 aliphatic heterocycles. The lowest BCUT2D eigenvalue weighted by Crippen LogP contribution is -2.40. The standard InChI is InChI=1S/C31H34N2O6S/c1-7-16-38-24-15-14-21(17-25(24)36-8-2)18-26-29(34)33-28(22-12-10-11-13-23(22)39-19(4)5)27(30(35)37-9-3)20(6)32-31(33)40-26/h7,10-15,17-19,28H,1,8-9,16H2,2-6H3/b26-18-. The largest absolute Gasteiger partial charge is 0.491 e. The van der Waals surface area contributed by atoms with Gasteiger partial charge in [-0.25, -0.2) is 9.79 Å². The number of benzene rings is 2. The number of fused-ring (bicyclic) bond motifs is 1. The summed E-state index contributed by atoms with van der Waals surface area (Å²) in [6.45, 7) is 14.0. The molecule has 2 heterocycles. The summed E-state index contributed by atoms with van der Waals surface area (Å²) in [5.74, 6) is 1.24. The number of thiazole rings is 1. The van der Waals surface area contributed by atoms with Gasteiger partial charge < -0.3 is 18.9 Å². The highest BCUT2D eigenvalue weighted by atomic mass is 32.1. The van der Waals surface area contributed by atoms with Crippen molar-refractivity contribution >= 4 is 23.4 Å². The smallest absolute Gasteiger partial charge is 0.338 e. The van der Waals surface area contributed by atoms with Gasteiger partial charge in [0.1, 0.15) is 18.4 Å². The van der Waals surface area contributed by atoms with E-state index in [2.05, 4.69) is 11.6 Å². The highest BCUT2D eigenvalue weighted by Crippen LogP contribution is 2.36. The maximum Gasteiger partial charge on any atom is 0.338 e. The first-order valence-corrected chi connectivity index (χ1v) is 14.1. The number of carbonyl (C=O) groups is 1. The Kier molecular flexibility index (Phi) is 9.26. The first kappa shape index (κ1) is 28.9. The second kappa shape index (κ2) is 12.8. The van der Waals surface area contributed by atoms with E-state index in [1.54, 1.807) is 30.6 Å². The molecule has 0 spiro atoms. The SMILES string of the molecule is C=CCOc1ccc(/C=c2\sc3n(c2=O)C(c2ccccc2OC(C)C)C(C(=O)OCC)=C(C)N=3)cc1OCC. The van der Waals surface area contributed by atoms with E-state index in [0.29, 0.717) is 56.6 Å². The first-order chi connectivity index (χ1) is 19.3. The number of aromatic nitrogens is 1. The quantitative estimate of drug-likeness (QED) is 0.252. The monoisotopic (exact) mass is 562 g/mol.